The van der Waals surface area contributed by atoms with E-state index in [1.807, 2.05) is 37.3 Å². The summed E-state index contributed by atoms with van der Waals surface area (Å²) >= 11 is 0. The molecule has 20 heavy (non-hydrogen) atoms. The Hall–Kier alpha value is -2.29. The quantitative estimate of drug-likeness (QED) is 0.854. The summed E-state index contributed by atoms with van der Waals surface area (Å²) in [6.07, 6.45) is 0.418. The molecule has 2 aromatic carbocycles. The molecule has 0 spiro atoms. The molecule has 1 heterocycles. The summed E-state index contributed by atoms with van der Waals surface area (Å²) in [4.78, 5) is 12.4. The van der Waals surface area contributed by atoms with Crippen LogP contribution in [0.2, 0.25) is 0 Å². The van der Waals surface area contributed by atoms with Crippen molar-refractivity contribution in [3.8, 4) is 5.75 Å². The fraction of sp³-hybridized carbons (Fsp3) is 0.235. The van der Waals surface area contributed by atoms with Gasteiger partial charge < -0.3 is 10.1 Å². The third-order valence-electron chi connectivity index (χ3n) is 3.96. The zero-order valence-electron chi connectivity index (χ0n) is 11.9. The van der Waals surface area contributed by atoms with Gasteiger partial charge in [0.15, 0.2) is 5.78 Å². The molecule has 0 amide bonds. The number of fused-ring (bicyclic) bond motifs is 2. The van der Waals surface area contributed by atoms with E-state index in [9.17, 15) is 4.79 Å². The number of methoxy groups -OCH3 is 1. The molecule has 0 saturated carbocycles. The van der Waals surface area contributed by atoms with Crippen LogP contribution in [0.25, 0.3) is 0 Å². The average molecular weight is 267 g/mol. The number of anilines is 2. The van der Waals surface area contributed by atoms with Crippen LogP contribution >= 0.6 is 0 Å². The fourth-order valence-electron chi connectivity index (χ4n) is 2.57. The maximum absolute atomic E-state index is 12.4. The van der Waals surface area contributed by atoms with Gasteiger partial charge in [-0.1, -0.05) is 12.1 Å². The number of benzene rings is 2. The van der Waals surface area contributed by atoms with E-state index in [2.05, 4.69) is 12.2 Å². The van der Waals surface area contributed by atoms with Crippen LogP contribution in [-0.4, -0.2) is 12.9 Å². The lowest BCUT2D eigenvalue weighted by Gasteiger charge is -2.14. The molecule has 0 aliphatic carbocycles. The van der Waals surface area contributed by atoms with E-state index < -0.39 is 0 Å². The Bertz CT molecular complexity index is 704. The van der Waals surface area contributed by atoms with Gasteiger partial charge in [0.1, 0.15) is 5.75 Å². The van der Waals surface area contributed by atoms with E-state index in [0.717, 1.165) is 33.8 Å². The second-order valence-electron chi connectivity index (χ2n) is 5.18. The van der Waals surface area contributed by atoms with Crippen LogP contribution in [-0.2, 0) is 6.42 Å². The van der Waals surface area contributed by atoms with Crippen molar-refractivity contribution in [1.29, 1.82) is 0 Å². The molecule has 0 bridgehead atoms. The molecule has 2 aromatic rings. The summed E-state index contributed by atoms with van der Waals surface area (Å²) in [6, 6.07) is 9.70. The number of carbonyl (C=O) groups excluding carboxylic acids is 1. The van der Waals surface area contributed by atoms with E-state index in [1.165, 1.54) is 5.56 Å². The molecular weight excluding hydrogens is 250 g/mol. The van der Waals surface area contributed by atoms with E-state index in [0.29, 0.717) is 6.42 Å². The van der Waals surface area contributed by atoms with Crippen molar-refractivity contribution in [2.24, 2.45) is 0 Å². The Labute approximate surface area is 118 Å². The van der Waals surface area contributed by atoms with E-state index in [1.54, 1.807) is 7.11 Å². The number of carbonyl (C=O) groups is 1. The van der Waals surface area contributed by atoms with Crippen LogP contribution in [0.5, 0.6) is 5.75 Å². The first kappa shape index (κ1) is 12.7. The number of aryl methyl sites for hydroxylation is 1. The van der Waals surface area contributed by atoms with E-state index in [-0.39, 0.29) is 5.78 Å². The Balaban J connectivity index is 2.19. The summed E-state index contributed by atoms with van der Waals surface area (Å²) in [6.45, 7) is 4.10. The highest BCUT2D eigenvalue weighted by atomic mass is 16.5. The van der Waals surface area contributed by atoms with Gasteiger partial charge in [-0.05, 0) is 42.7 Å². The molecule has 3 nitrogen and oxygen atoms in total. The van der Waals surface area contributed by atoms with Crippen molar-refractivity contribution in [3.05, 3.63) is 52.6 Å². The van der Waals surface area contributed by atoms with Gasteiger partial charge in [0.2, 0.25) is 0 Å². The Morgan fingerprint density at radius 2 is 1.95 bits per heavy atom. The summed E-state index contributed by atoms with van der Waals surface area (Å²) in [5.41, 5.74) is 5.93. The SMILES string of the molecule is COc1ccc2c(c1)Nc1c(ccc(C)c1C)C(=O)C2. The second kappa shape index (κ2) is 4.67. The first-order valence-electron chi connectivity index (χ1n) is 6.67. The molecule has 0 aromatic heterocycles. The Morgan fingerprint density at radius 1 is 1.15 bits per heavy atom. The Kier molecular flexibility index (Phi) is 2.97. The van der Waals surface area contributed by atoms with Gasteiger partial charge in [-0.15, -0.1) is 0 Å². The van der Waals surface area contributed by atoms with Crippen molar-refractivity contribution in [3.63, 3.8) is 0 Å². The fourth-order valence-corrected chi connectivity index (χ4v) is 2.57. The molecule has 3 rings (SSSR count). The van der Waals surface area contributed by atoms with Crippen LogP contribution in [0.3, 0.4) is 0 Å². The normalized spacial score (nSPS) is 13.1. The van der Waals surface area contributed by atoms with Gasteiger partial charge in [0.25, 0.3) is 0 Å². The number of hydrogen-bond acceptors (Lipinski definition) is 3. The summed E-state index contributed by atoms with van der Waals surface area (Å²) in [5, 5.41) is 3.42. The number of hydrogen-bond donors (Lipinski definition) is 1. The van der Waals surface area contributed by atoms with Crippen molar-refractivity contribution in [2.45, 2.75) is 20.3 Å². The van der Waals surface area contributed by atoms with E-state index in [4.69, 9.17) is 4.74 Å². The summed E-state index contributed by atoms with van der Waals surface area (Å²) < 4.78 is 5.26. The van der Waals surface area contributed by atoms with Gasteiger partial charge in [-0.3, -0.25) is 4.79 Å². The standard InChI is InChI=1S/C17H17NO2/c1-10-4-7-14-16(19)8-12-5-6-13(20-3)9-15(12)18-17(14)11(10)2/h4-7,9,18H,8H2,1-3H3. The molecule has 1 N–H and O–H groups in total. The molecule has 3 heteroatoms. The highest BCUT2D eigenvalue weighted by Gasteiger charge is 2.21. The average Bonchev–Trinajstić information content (AvgIpc) is 2.58. The van der Waals surface area contributed by atoms with Crippen LogP contribution in [0, 0.1) is 13.8 Å². The van der Waals surface area contributed by atoms with E-state index >= 15 is 0 Å². The monoisotopic (exact) mass is 267 g/mol. The van der Waals surface area contributed by atoms with Crippen molar-refractivity contribution < 1.29 is 9.53 Å². The molecular formula is C17H17NO2. The zero-order valence-corrected chi connectivity index (χ0v) is 11.9. The topological polar surface area (TPSA) is 38.3 Å². The van der Waals surface area contributed by atoms with Gasteiger partial charge >= 0.3 is 0 Å². The smallest absolute Gasteiger partial charge is 0.169 e. The lowest BCUT2D eigenvalue weighted by molar-refractivity contribution is 0.0994. The lowest BCUT2D eigenvalue weighted by Crippen LogP contribution is -2.04. The number of rotatable bonds is 1. The minimum Gasteiger partial charge on any atom is -0.497 e. The van der Waals surface area contributed by atoms with Crippen LogP contribution in [0.1, 0.15) is 27.0 Å². The predicted octanol–water partition coefficient (Wildman–Crippen LogP) is 3.79. The molecule has 0 unspecified atom stereocenters. The minimum absolute atomic E-state index is 0.152. The summed E-state index contributed by atoms with van der Waals surface area (Å²) in [5.74, 6) is 0.942. The van der Waals surface area contributed by atoms with Gasteiger partial charge in [0.05, 0.1) is 12.8 Å². The van der Waals surface area contributed by atoms with Gasteiger partial charge in [-0.25, -0.2) is 0 Å². The molecule has 1 aliphatic rings. The number of nitrogens with one attached hydrogen (secondary N) is 1. The summed E-state index contributed by atoms with van der Waals surface area (Å²) in [7, 11) is 1.65. The number of ether oxygens (including phenoxy) is 1. The van der Waals surface area contributed by atoms with Gasteiger partial charge in [-0.2, -0.15) is 0 Å². The number of ketones is 1. The van der Waals surface area contributed by atoms with Crippen molar-refractivity contribution >= 4 is 17.2 Å². The van der Waals surface area contributed by atoms with Crippen LogP contribution in [0.4, 0.5) is 11.4 Å². The molecule has 102 valence electrons. The van der Waals surface area contributed by atoms with Crippen molar-refractivity contribution in [2.75, 3.05) is 12.4 Å². The lowest BCUT2D eigenvalue weighted by atomic mass is 9.98. The number of Topliss-reactive ketones (excluding diaryl/α,β-unsaturated/α-hetero) is 1. The highest BCUT2D eigenvalue weighted by Crippen LogP contribution is 2.35. The third kappa shape index (κ3) is 1.95. The van der Waals surface area contributed by atoms with Crippen LogP contribution < -0.4 is 10.1 Å². The molecule has 0 saturated heterocycles. The second-order valence-corrected chi connectivity index (χ2v) is 5.18. The maximum atomic E-state index is 12.4. The highest BCUT2D eigenvalue weighted by molar-refractivity contribution is 6.06. The van der Waals surface area contributed by atoms with Crippen LogP contribution in [0.15, 0.2) is 30.3 Å². The maximum Gasteiger partial charge on any atom is 0.169 e. The first-order chi connectivity index (χ1) is 9.60. The molecule has 0 fully saturated rings. The zero-order chi connectivity index (χ0) is 14.3. The Morgan fingerprint density at radius 3 is 2.70 bits per heavy atom. The van der Waals surface area contributed by atoms with Crippen molar-refractivity contribution in [1.82, 2.24) is 0 Å². The minimum atomic E-state index is 0.152. The molecule has 1 aliphatic heterocycles. The van der Waals surface area contributed by atoms with Gasteiger partial charge in [0, 0.05) is 23.7 Å². The first-order valence-corrected chi connectivity index (χ1v) is 6.67. The predicted molar refractivity (Wildman–Crippen MR) is 80.2 cm³/mol. The molecule has 0 radical (unpaired) electrons. The molecule has 0 atom stereocenters. The third-order valence-corrected chi connectivity index (χ3v) is 3.96. The largest absolute Gasteiger partial charge is 0.497 e.